The molecule has 0 atom stereocenters. The molecule has 4 aromatic rings. The third kappa shape index (κ3) is 6.29. The van der Waals surface area contributed by atoms with Crippen molar-refractivity contribution in [1.29, 1.82) is 0 Å². The number of aliphatic carboxylic acids is 1. The van der Waals surface area contributed by atoms with Gasteiger partial charge in [0.2, 0.25) is 0 Å². The molecule has 0 fully saturated rings. The Bertz CT molecular complexity index is 1370. The van der Waals surface area contributed by atoms with Gasteiger partial charge in [0.15, 0.2) is 0 Å². The van der Waals surface area contributed by atoms with Crippen LogP contribution < -0.4 is 4.90 Å². The average Bonchev–Trinajstić information content (AvgIpc) is 3.47. The summed E-state index contributed by atoms with van der Waals surface area (Å²) in [4.78, 5) is 45.8. The molecule has 7 nitrogen and oxygen atoms in total. The van der Waals surface area contributed by atoms with E-state index < -0.39 is 5.97 Å². The largest absolute Gasteiger partial charge is 0.481 e. The molecule has 2 heterocycles. The van der Waals surface area contributed by atoms with Crippen LogP contribution in [-0.4, -0.2) is 52.9 Å². The van der Waals surface area contributed by atoms with Crippen LogP contribution in [-0.2, 0) is 11.2 Å². The maximum absolute atomic E-state index is 13.8. The molecular weight excluding hydrogens is 486 g/mol. The molecule has 4 rings (SSSR count). The highest BCUT2D eigenvalue weighted by molar-refractivity contribution is 7.14. The van der Waals surface area contributed by atoms with Crippen molar-refractivity contribution in [2.75, 3.05) is 25.0 Å². The number of amides is 2. The van der Waals surface area contributed by atoms with Crippen LogP contribution >= 0.6 is 11.3 Å². The molecule has 0 radical (unpaired) electrons. The highest BCUT2D eigenvalue weighted by Crippen LogP contribution is 2.31. The zero-order chi connectivity index (χ0) is 26.2. The average molecular weight is 514 g/mol. The summed E-state index contributed by atoms with van der Waals surface area (Å²) in [7, 11) is 1.73. The van der Waals surface area contributed by atoms with Crippen LogP contribution in [0.15, 0.2) is 90.6 Å². The van der Waals surface area contributed by atoms with Gasteiger partial charge in [0.1, 0.15) is 0 Å². The summed E-state index contributed by atoms with van der Waals surface area (Å²) < 4.78 is 0. The number of hydrogen-bond donors (Lipinski definition) is 1. The highest BCUT2D eigenvalue weighted by Gasteiger charge is 2.24. The second kappa shape index (κ2) is 12.1. The molecule has 0 aliphatic rings. The number of thiophene rings is 1. The van der Waals surface area contributed by atoms with E-state index in [1.165, 1.54) is 11.3 Å². The summed E-state index contributed by atoms with van der Waals surface area (Å²) in [6.45, 7) is 0.415. The van der Waals surface area contributed by atoms with Crippen molar-refractivity contribution in [3.05, 3.63) is 107 Å². The molecule has 0 aliphatic carbocycles. The summed E-state index contributed by atoms with van der Waals surface area (Å²) in [6.07, 6.45) is 3.80. The summed E-state index contributed by atoms with van der Waals surface area (Å²) in [5.41, 5.74) is 3.11. The van der Waals surface area contributed by atoms with Crippen molar-refractivity contribution < 1.29 is 19.5 Å². The van der Waals surface area contributed by atoms with Crippen LogP contribution in [0.1, 0.15) is 32.7 Å². The predicted molar refractivity (Wildman–Crippen MR) is 145 cm³/mol. The molecule has 2 amide bonds. The van der Waals surface area contributed by atoms with Gasteiger partial charge in [-0.25, -0.2) is 0 Å². The Morgan fingerprint density at radius 1 is 0.838 bits per heavy atom. The van der Waals surface area contributed by atoms with Gasteiger partial charge in [-0.15, -0.1) is 11.3 Å². The zero-order valence-electron chi connectivity index (χ0n) is 20.4. The molecule has 1 N–H and O–H groups in total. The first kappa shape index (κ1) is 25.8. The van der Waals surface area contributed by atoms with E-state index in [4.69, 9.17) is 0 Å². The lowest BCUT2D eigenvalue weighted by Crippen LogP contribution is -2.35. The van der Waals surface area contributed by atoms with Crippen molar-refractivity contribution >= 4 is 34.1 Å². The molecular formula is C29H27N3O4S. The Morgan fingerprint density at radius 3 is 2.11 bits per heavy atom. The lowest BCUT2D eigenvalue weighted by Gasteiger charge is -2.24. The van der Waals surface area contributed by atoms with Crippen molar-refractivity contribution in [2.24, 2.45) is 0 Å². The fourth-order valence-electron chi connectivity index (χ4n) is 4.08. The predicted octanol–water partition coefficient (Wildman–Crippen LogP) is 5.25. The lowest BCUT2D eigenvalue weighted by molar-refractivity contribution is -0.137. The van der Waals surface area contributed by atoms with Crippen molar-refractivity contribution in [2.45, 2.75) is 12.8 Å². The number of carboxylic acid groups (broad SMARTS) is 1. The van der Waals surface area contributed by atoms with Gasteiger partial charge in [-0.2, -0.15) is 0 Å². The highest BCUT2D eigenvalue weighted by atomic mass is 32.1. The Morgan fingerprint density at radius 2 is 1.51 bits per heavy atom. The molecule has 37 heavy (non-hydrogen) atoms. The summed E-state index contributed by atoms with van der Waals surface area (Å²) in [5, 5.41) is 12.0. The molecule has 0 saturated carbocycles. The maximum Gasteiger partial charge on any atom is 0.305 e. The number of anilines is 1. The molecule has 0 saturated heterocycles. The minimum absolute atomic E-state index is 0.0739. The van der Waals surface area contributed by atoms with Gasteiger partial charge in [-0.1, -0.05) is 42.5 Å². The first-order valence-corrected chi connectivity index (χ1v) is 12.7. The van der Waals surface area contributed by atoms with Crippen LogP contribution in [0.5, 0.6) is 0 Å². The summed E-state index contributed by atoms with van der Waals surface area (Å²) in [5.74, 6) is -1.44. The number of aromatic nitrogens is 1. The molecule has 8 heteroatoms. The maximum atomic E-state index is 13.8. The number of carbonyl (C=O) groups excluding carboxylic acids is 2. The molecule has 2 aromatic carbocycles. The van der Waals surface area contributed by atoms with Gasteiger partial charge in [0, 0.05) is 43.7 Å². The molecule has 0 bridgehead atoms. The van der Waals surface area contributed by atoms with E-state index in [0.717, 1.165) is 10.6 Å². The van der Waals surface area contributed by atoms with Crippen LogP contribution in [0.4, 0.5) is 5.00 Å². The van der Waals surface area contributed by atoms with Crippen LogP contribution in [0.3, 0.4) is 0 Å². The lowest BCUT2D eigenvalue weighted by atomic mass is 9.94. The Balaban J connectivity index is 1.67. The monoisotopic (exact) mass is 513 g/mol. The second-order valence-electron chi connectivity index (χ2n) is 8.45. The fourth-order valence-corrected chi connectivity index (χ4v) is 4.77. The van der Waals surface area contributed by atoms with E-state index in [1.807, 2.05) is 53.9 Å². The van der Waals surface area contributed by atoms with E-state index in [9.17, 15) is 19.5 Å². The standard InChI is InChI=1S/C29H27N3O4S/c1-31(26-13-7-19-37-26)28(35)24-11-4-2-9-22(24)23-10-3-5-12-25(23)29(36)32(18-15-27(33)34)17-14-21-8-6-16-30-20-21/h2-13,16,19-20H,14-15,17-18H2,1H3,(H,33,34). The summed E-state index contributed by atoms with van der Waals surface area (Å²) >= 11 is 1.47. The minimum atomic E-state index is -0.972. The Hall–Kier alpha value is -4.30. The quantitative estimate of drug-likeness (QED) is 0.313. The van der Waals surface area contributed by atoms with Crippen molar-refractivity contribution in [3.8, 4) is 11.1 Å². The smallest absolute Gasteiger partial charge is 0.305 e. The van der Waals surface area contributed by atoms with E-state index >= 15 is 0 Å². The molecule has 0 spiro atoms. The van der Waals surface area contributed by atoms with Gasteiger partial charge >= 0.3 is 5.97 Å². The number of benzene rings is 2. The number of rotatable bonds is 10. The normalized spacial score (nSPS) is 10.6. The number of carbonyl (C=O) groups is 3. The SMILES string of the molecule is CN(C(=O)c1ccccc1-c1ccccc1C(=O)N(CCC(=O)O)CCc1cccnc1)c1cccs1. The fraction of sp³-hybridized carbons (Fsp3) is 0.172. The summed E-state index contributed by atoms with van der Waals surface area (Å²) in [6, 6.07) is 21.9. The number of pyridine rings is 1. The van der Waals surface area contributed by atoms with Gasteiger partial charge < -0.3 is 14.9 Å². The van der Waals surface area contributed by atoms with E-state index in [1.54, 1.807) is 53.5 Å². The molecule has 188 valence electrons. The Labute approximate surface area is 219 Å². The molecule has 0 unspecified atom stereocenters. The number of hydrogen-bond acceptors (Lipinski definition) is 5. The second-order valence-corrected chi connectivity index (χ2v) is 9.38. The van der Waals surface area contributed by atoms with Gasteiger partial charge in [-0.3, -0.25) is 19.4 Å². The first-order chi connectivity index (χ1) is 18.0. The van der Waals surface area contributed by atoms with Gasteiger partial charge in [0.25, 0.3) is 11.8 Å². The third-order valence-corrected chi connectivity index (χ3v) is 6.97. The van der Waals surface area contributed by atoms with Gasteiger partial charge in [-0.05, 0) is 58.8 Å². The van der Waals surface area contributed by atoms with E-state index in [2.05, 4.69) is 4.98 Å². The zero-order valence-corrected chi connectivity index (χ0v) is 21.2. The van der Waals surface area contributed by atoms with Crippen LogP contribution in [0, 0.1) is 0 Å². The van der Waals surface area contributed by atoms with Gasteiger partial charge in [0.05, 0.1) is 11.4 Å². The van der Waals surface area contributed by atoms with Crippen LogP contribution in [0.25, 0.3) is 11.1 Å². The van der Waals surface area contributed by atoms with Crippen molar-refractivity contribution in [3.63, 3.8) is 0 Å². The molecule has 2 aromatic heterocycles. The first-order valence-electron chi connectivity index (χ1n) is 11.9. The topological polar surface area (TPSA) is 90.8 Å². The Kier molecular flexibility index (Phi) is 8.43. The van der Waals surface area contributed by atoms with Crippen molar-refractivity contribution in [1.82, 2.24) is 9.88 Å². The van der Waals surface area contributed by atoms with Crippen LogP contribution in [0.2, 0.25) is 0 Å². The number of nitrogens with zero attached hydrogens (tertiary/aromatic N) is 3. The third-order valence-electron chi connectivity index (χ3n) is 6.02. The van der Waals surface area contributed by atoms with E-state index in [0.29, 0.717) is 35.2 Å². The minimum Gasteiger partial charge on any atom is -0.481 e. The number of carboxylic acids is 1. The van der Waals surface area contributed by atoms with E-state index in [-0.39, 0.29) is 24.8 Å². The molecule has 0 aliphatic heterocycles.